The number of aliphatic hydroxyl groups excluding tert-OH is 1. The SMILES string of the molecule is CCC(C)(C)C(=O)Nc1cc(C#CCO)ccc1C. The molecule has 0 spiro atoms. The fraction of sp³-hybridized carbons (Fsp3) is 0.438. The lowest BCUT2D eigenvalue weighted by atomic mass is 9.89. The van der Waals surface area contributed by atoms with Gasteiger partial charge in [0.2, 0.25) is 5.91 Å². The molecule has 0 aliphatic carbocycles. The number of aryl methyl sites for hydroxylation is 1. The maximum atomic E-state index is 12.2. The van der Waals surface area contributed by atoms with Crippen LogP contribution in [0.5, 0.6) is 0 Å². The molecule has 0 heterocycles. The van der Waals surface area contributed by atoms with Crippen molar-refractivity contribution in [1.29, 1.82) is 0 Å². The number of amides is 1. The Hall–Kier alpha value is -1.79. The molecule has 1 amide bonds. The zero-order valence-electron chi connectivity index (χ0n) is 12.0. The molecule has 2 N–H and O–H groups in total. The van der Waals surface area contributed by atoms with Crippen LogP contribution >= 0.6 is 0 Å². The molecular formula is C16H21NO2. The van der Waals surface area contributed by atoms with E-state index < -0.39 is 0 Å². The van der Waals surface area contributed by atoms with Gasteiger partial charge in [-0.2, -0.15) is 0 Å². The molecule has 1 aromatic rings. The van der Waals surface area contributed by atoms with Crippen LogP contribution in [0, 0.1) is 24.2 Å². The van der Waals surface area contributed by atoms with Crippen LogP contribution in [0.3, 0.4) is 0 Å². The molecule has 0 bridgehead atoms. The Morgan fingerprint density at radius 2 is 2.11 bits per heavy atom. The quantitative estimate of drug-likeness (QED) is 0.820. The topological polar surface area (TPSA) is 49.3 Å². The highest BCUT2D eigenvalue weighted by Gasteiger charge is 2.25. The summed E-state index contributed by atoms with van der Waals surface area (Å²) in [6.07, 6.45) is 0.780. The molecule has 0 aliphatic rings. The van der Waals surface area contributed by atoms with Crippen molar-refractivity contribution < 1.29 is 9.90 Å². The molecule has 0 unspecified atom stereocenters. The number of carbonyl (C=O) groups excluding carboxylic acids is 1. The molecule has 1 aromatic carbocycles. The van der Waals surface area contributed by atoms with Crippen LogP contribution in [0.4, 0.5) is 5.69 Å². The monoisotopic (exact) mass is 259 g/mol. The average molecular weight is 259 g/mol. The highest BCUT2D eigenvalue weighted by Crippen LogP contribution is 2.24. The largest absolute Gasteiger partial charge is 0.384 e. The Kier molecular flexibility index (Phi) is 5.14. The molecule has 0 saturated heterocycles. The van der Waals surface area contributed by atoms with Gasteiger partial charge in [0.05, 0.1) is 0 Å². The van der Waals surface area contributed by atoms with Gasteiger partial charge in [-0.15, -0.1) is 0 Å². The van der Waals surface area contributed by atoms with E-state index in [1.807, 2.05) is 45.9 Å². The maximum absolute atomic E-state index is 12.2. The number of hydrogen-bond donors (Lipinski definition) is 2. The van der Waals surface area contributed by atoms with Gasteiger partial charge in [-0.25, -0.2) is 0 Å². The molecule has 0 atom stereocenters. The normalized spacial score (nSPS) is 10.6. The third-order valence-electron chi connectivity index (χ3n) is 3.30. The lowest BCUT2D eigenvalue weighted by molar-refractivity contribution is -0.124. The van der Waals surface area contributed by atoms with Crippen molar-refractivity contribution in [2.75, 3.05) is 11.9 Å². The summed E-state index contributed by atoms with van der Waals surface area (Å²) >= 11 is 0. The van der Waals surface area contributed by atoms with E-state index in [0.717, 1.165) is 23.2 Å². The van der Waals surface area contributed by atoms with Gasteiger partial charge in [0, 0.05) is 16.7 Å². The molecule has 102 valence electrons. The van der Waals surface area contributed by atoms with Crippen LogP contribution in [0.15, 0.2) is 18.2 Å². The van der Waals surface area contributed by atoms with Gasteiger partial charge in [0.1, 0.15) is 6.61 Å². The fourth-order valence-electron chi connectivity index (χ4n) is 1.43. The second kappa shape index (κ2) is 6.40. The van der Waals surface area contributed by atoms with Gasteiger partial charge in [0.25, 0.3) is 0 Å². The first-order valence-electron chi connectivity index (χ1n) is 6.42. The second-order valence-corrected chi connectivity index (χ2v) is 5.18. The third-order valence-corrected chi connectivity index (χ3v) is 3.30. The van der Waals surface area contributed by atoms with Crippen LogP contribution in [-0.2, 0) is 4.79 Å². The molecule has 1 rings (SSSR count). The number of rotatable bonds is 3. The van der Waals surface area contributed by atoms with Crippen molar-refractivity contribution in [2.24, 2.45) is 5.41 Å². The Morgan fingerprint density at radius 1 is 1.42 bits per heavy atom. The summed E-state index contributed by atoms with van der Waals surface area (Å²) in [5.74, 6) is 5.44. The number of anilines is 1. The number of benzene rings is 1. The van der Waals surface area contributed by atoms with E-state index in [4.69, 9.17) is 5.11 Å². The predicted molar refractivity (Wildman–Crippen MR) is 77.8 cm³/mol. The summed E-state index contributed by atoms with van der Waals surface area (Å²) in [6.45, 7) is 7.62. The van der Waals surface area contributed by atoms with Crippen molar-refractivity contribution in [3.8, 4) is 11.8 Å². The highest BCUT2D eigenvalue weighted by molar-refractivity contribution is 5.95. The van der Waals surface area contributed by atoms with Gasteiger partial charge in [-0.3, -0.25) is 4.79 Å². The Balaban J connectivity index is 2.98. The van der Waals surface area contributed by atoms with E-state index in [1.54, 1.807) is 0 Å². The first-order chi connectivity index (χ1) is 8.90. The first-order valence-corrected chi connectivity index (χ1v) is 6.42. The Bertz CT molecular complexity index is 521. The molecule has 0 aromatic heterocycles. The van der Waals surface area contributed by atoms with Crippen LogP contribution in [0.1, 0.15) is 38.3 Å². The third kappa shape index (κ3) is 4.11. The molecule has 0 fully saturated rings. The van der Waals surface area contributed by atoms with Gasteiger partial charge in [0.15, 0.2) is 0 Å². The minimum absolute atomic E-state index is 0.00497. The van der Waals surface area contributed by atoms with Crippen LogP contribution in [0.25, 0.3) is 0 Å². The van der Waals surface area contributed by atoms with E-state index in [1.165, 1.54) is 0 Å². The van der Waals surface area contributed by atoms with Crippen LogP contribution in [0.2, 0.25) is 0 Å². The van der Waals surface area contributed by atoms with Crippen molar-refractivity contribution in [1.82, 2.24) is 0 Å². The van der Waals surface area contributed by atoms with Crippen molar-refractivity contribution in [2.45, 2.75) is 34.1 Å². The smallest absolute Gasteiger partial charge is 0.230 e. The predicted octanol–water partition coefficient (Wildman–Crippen LogP) is 2.71. The van der Waals surface area contributed by atoms with Gasteiger partial charge in [-0.1, -0.05) is 38.7 Å². The van der Waals surface area contributed by atoms with E-state index >= 15 is 0 Å². The molecular weight excluding hydrogens is 238 g/mol. The number of aliphatic hydroxyl groups is 1. The first kappa shape index (κ1) is 15.3. The maximum Gasteiger partial charge on any atom is 0.230 e. The molecule has 0 saturated carbocycles. The lowest BCUT2D eigenvalue weighted by Gasteiger charge is -2.22. The summed E-state index contributed by atoms with van der Waals surface area (Å²) in [5.41, 5.74) is 2.16. The summed E-state index contributed by atoms with van der Waals surface area (Å²) in [6, 6.07) is 5.62. The molecule has 19 heavy (non-hydrogen) atoms. The molecule has 3 heteroatoms. The lowest BCUT2D eigenvalue weighted by Crippen LogP contribution is -2.30. The van der Waals surface area contributed by atoms with Gasteiger partial charge in [-0.05, 0) is 31.0 Å². The average Bonchev–Trinajstić information content (AvgIpc) is 2.39. The van der Waals surface area contributed by atoms with Crippen molar-refractivity contribution in [3.05, 3.63) is 29.3 Å². The van der Waals surface area contributed by atoms with Crippen molar-refractivity contribution in [3.63, 3.8) is 0 Å². The van der Waals surface area contributed by atoms with Crippen LogP contribution < -0.4 is 5.32 Å². The minimum atomic E-state index is -0.390. The minimum Gasteiger partial charge on any atom is -0.384 e. The molecule has 3 nitrogen and oxygen atoms in total. The summed E-state index contributed by atoms with van der Waals surface area (Å²) in [4.78, 5) is 12.2. The van der Waals surface area contributed by atoms with E-state index in [0.29, 0.717) is 0 Å². The Morgan fingerprint density at radius 3 is 2.68 bits per heavy atom. The van der Waals surface area contributed by atoms with Crippen molar-refractivity contribution >= 4 is 11.6 Å². The standard InChI is InChI=1S/C16H21NO2/c1-5-16(3,4)15(19)17-14-11-13(7-6-10-18)9-8-12(14)2/h8-9,11,18H,5,10H2,1-4H3,(H,17,19). The van der Waals surface area contributed by atoms with Crippen LogP contribution in [-0.4, -0.2) is 17.6 Å². The zero-order chi connectivity index (χ0) is 14.5. The van der Waals surface area contributed by atoms with E-state index in [9.17, 15) is 4.79 Å². The number of nitrogens with one attached hydrogen (secondary N) is 1. The fourth-order valence-corrected chi connectivity index (χ4v) is 1.43. The summed E-state index contributed by atoms with van der Waals surface area (Å²) in [5, 5.41) is 11.6. The number of carbonyl (C=O) groups is 1. The van der Waals surface area contributed by atoms with E-state index in [2.05, 4.69) is 17.2 Å². The summed E-state index contributed by atoms with van der Waals surface area (Å²) < 4.78 is 0. The number of hydrogen-bond acceptors (Lipinski definition) is 2. The highest BCUT2D eigenvalue weighted by atomic mass is 16.2. The Labute approximate surface area is 115 Å². The zero-order valence-corrected chi connectivity index (χ0v) is 12.0. The summed E-state index contributed by atoms with van der Waals surface area (Å²) in [7, 11) is 0. The van der Waals surface area contributed by atoms with Gasteiger partial charge >= 0.3 is 0 Å². The van der Waals surface area contributed by atoms with Gasteiger partial charge < -0.3 is 10.4 Å². The second-order valence-electron chi connectivity index (χ2n) is 5.18. The molecule has 0 radical (unpaired) electrons. The molecule has 0 aliphatic heterocycles. The van der Waals surface area contributed by atoms with E-state index in [-0.39, 0.29) is 17.9 Å².